The van der Waals surface area contributed by atoms with Gasteiger partial charge in [0, 0.05) is 0 Å². The Bertz CT molecular complexity index is 308. The molecule has 0 bridgehead atoms. The molecule has 148 valence electrons. The Morgan fingerprint density at radius 3 is 1.16 bits per heavy atom. The zero-order chi connectivity index (χ0) is 18.9. The Morgan fingerprint density at radius 2 is 0.920 bits per heavy atom. The first-order valence-corrected chi connectivity index (χ1v) is 17.7. The van der Waals surface area contributed by atoms with Crippen molar-refractivity contribution in [1.82, 2.24) is 9.80 Å². The maximum absolute atomic E-state index is 5.71. The molecule has 0 aliphatic carbocycles. The molecule has 2 nitrogen and oxygen atoms in total. The molecule has 0 fully saturated rings. The van der Waals surface area contributed by atoms with E-state index in [1.807, 2.05) is 18.0 Å². The van der Waals surface area contributed by atoms with Gasteiger partial charge in [0.1, 0.15) is 0 Å². The van der Waals surface area contributed by atoms with E-state index < -0.39 is 0 Å². The van der Waals surface area contributed by atoms with Crippen LogP contribution >= 0.6 is 42.4 Å². The summed E-state index contributed by atoms with van der Waals surface area (Å²) in [6.07, 6.45) is 9.86. The van der Waals surface area contributed by atoms with Crippen LogP contribution in [0.3, 0.4) is 0 Å². The molecule has 0 heterocycles. The Morgan fingerprint density at radius 1 is 0.640 bits per heavy atom. The van der Waals surface area contributed by atoms with Gasteiger partial charge in [-0.1, -0.05) is 0 Å². The van der Waals surface area contributed by atoms with Crippen molar-refractivity contribution < 1.29 is 0 Å². The van der Waals surface area contributed by atoms with Crippen LogP contribution in [0.15, 0.2) is 0 Å². The van der Waals surface area contributed by atoms with Gasteiger partial charge in [0.2, 0.25) is 0 Å². The van der Waals surface area contributed by atoms with Crippen LogP contribution in [0.5, 0.6) is 0 Å². The van der Waals surface area contributed by atoms with Crippen molar-refractivity contribution in [3.05, 3.63) is 0 Å². The summed E-state index contributed by atoms with van der Waals surface area (Å²) in [6, 6.07) is 0. The molecule has 0 amide bonds. The van der Waals surface area contributed by atoms with Gasteiger partial charge in [-0.2, -0.15) is 0 Å². The van der Waals surface area contributed by atoms with Crippen molar-refractivity contribution in [3.8, 4) is 0 Å². The van der Waals surface area contributed by atoms with E-state index in [0.717, 1.165) is 34.8 Å². The summed E-state index contributed by atoms with van der Waals surface area (Å²) in [4.78, 5) is 4.85. The normalized spacial score (nSPS) is 10.7. The third-order valence-electron chi connectivity index (χ3n) is 3.85. The summed E-state index contributed by atoms with van der Waals surface area (Å²) in [5.74, 6) is 0. The Balaban J connectivity index is 4.31. The minimum absolute atomic E-state index is 0.310. The van der Waals surface area contributed by atoms with Crippen molar-refractivity contribution in [2.75, 3.05) is 26.2 Å². The van der Waals surface area contributed by atoms with E-state index in [2.05, 4.69) is 37.5 Å². The summed E-state index contributed by atoms with van der Waals surface area (Å²) < 4.78 is 2.21. The molecule has 0 radical (unpaired) electrons. The van der Waals surface area contributed by atoms with Crippen LogP contribution in [0.1, 0.15) is 79.1 Å². The molecule has 0 aromatic heterocycles. The van der Waals surface area contributed by atoms with E-state index in [1.54, 1.807) is 0 Å². The quantitative estimate of drug-likeness (QED) is 0.187. The van der Waals surface area contributed by atoms with Crippen LogP contribution in [0, 0.1) is 0 Å². The predicted molar refractivity (Wildman–Crippen MR) is 129 cm³/mol. The van der Waals surface area contributed by atoms with E-state index in [4.69, 9.17) is 24.4 Å². The van der Waals surface area contributed by atoms with Gasteiger partial charge in [-0.3, -0.25) is 0 Å². The molecule has 0 N–H and O–H groups in total. The van der Waals surface area contributed by atoms with Gasteiger partial charge in [-0.05, 0) is 0 Å². The second-order valence-corrected chi connectivity index (χ2v) is 15.4. The SMILES string of the molecule is CCCCN(CCCC)C(=S)S[Te]SC(=S)N(CCCC)CCCC. The molecule has 0 saturated heterocycles. The molecule has 0 spiro atoms. The van der Waals surface area contributed by atoms with E-state index in [9.17, 15) is 0 Å². The van der Waals surface area contributed by atoms with Crippen LogP contribution in [0.25, 0.3) is 0 Å². The molecule has 7 heteroatoms. The molecule has 0 aliphatic heterocycles. The first-order valence-electron chi connectivity index (χ1n) is 9.69. The first-order chi connectivity index (χ1) is 12.1. The van der Waals surface area contributed by atoms with Gasteiger partial charge in [0.15, 0.2) is 0 Å². The second kappa shape index (κ2) is 18.6. The molecule has 0 unspecified atom stereocenters. The zero-order valence-electron chi connectivity index (χ0n) is 16.4. The summed E-state index contributed by atoms with van der Waals surface area (Å²) in [7, 11) is 3.83. The number of thiocarbonyl (C=S) groups is 2. The topological polar surface area (TPSA) is 6.48 Å². The average Bonchev–Trinajstić information content (AvgIpc) is 2.61. The molecule has 25 heavy (non-hydrogen) atoms. The van der Waals surface area contributed by atoms with Gasteiger partial charge >= 0.3 is 184 Å². The number of unbranched alkanes of at least 4 members (excludes halogenated alkanes) is 4. The number of hydrogen-bond acceptors (Lipinski definition) is 4. The molecule has 0 aromatic rings. The van der Waals surface area contributed by atoms with Crippen molar-refractivity contribution in [2.24, 2.45) is 0 Å². The number of hydrogen-bond donors (Lipinski definition) is 0. The Labute approximate surface area is 183 Å². The van der Waals surface area contributed by atoms with Gasteiger partial charge in [-0.15, -0.1) is 0 Å². The molecule has 0 aliphatic rings. The first kappa shape index (κ1) is 26.3. The van der Waals surface area contributed by atoms with Crippen LogP contribution in [0.2, 0.25) is 0 Å². The van der Waals surface area contributed by atoms with Crippen molar-refractivity contribution in [3.63, 3.8) is 0 Å². The molecule has 0 rings (SSSR count). The van der Waals surface area contributed by atoms with Gasteiger partial charge in [-0.25, -0.2) is 0 Å². The monoisotopic (exact) mass is 538 g/mol. The summed E-state index contributed by atoms with van der Waals surface area (Å²) in [5, 5.41) is 0. The fourth-order valence-electron chi connectivity index (χ4n) is 2.17. The van der Waals surface area contributed by atoms with Gasteiger partial charge < -0.3 is 0 Å². The average molecular weight is 536 g/mol. The van der Waals surface area contributed by atoms with Crippen LogP contribution < -0.4 is 0 Å². The van der Waals surface area contributed by atoms with Crippen molar-refractivity contribution in [2.45, 2.75) is 79.1 Å². The third-order valence-corrected chi connectivity index (χ3v) is 14.4. The minimum atomic E-state index is -0.310. The van der Waals surface area contributed by atoms with Gasteiger partial charge in [0.25, 0.3) is 0 Å². The van der Waals surface area contributed by atoms with Crippen LogP contribution in [0.4, 0.5) is 0 Å². The molecule has 0 saturated carbocycles. The Hall–Kier alpha value is 1.27. The predicted octanol–water partition coefficient (Wildman–Crippen LogP) is 6.36. The van der Waals surface area contributed by atoms with Gasteiger partial charge in [0.05, 0.1) is 0 Å². The van der Waals surface area contributed by atoms with Crippen LogP contribution in [-0.4, -0.2) is 62.8 Å². The summed E-state index contributed by atoms with van der Waals surface area (Å²) in [5.41, 5.74) is 0. The van der Waals surface area contributed by atoms with E-state index in [1.165, 1.54) is 51.4 Å². The molecular formula is C18H36N2S4Te. The van der Waals surface area contributed by atoms with Crippen molar-refractivity contribution in [1.29, 1.82) is 0 Å². The molecular weight excluding hydrogens is 500 g/mol. The molecule has 0 aromatic carbocycles. The summed E-state index contributed by atoms with van der Waals surface area (Å²) in [6.45, 7) is 13.4. The summed E-state index contributed by atoms with van der Waals surface area (Å²) >= 11 is 11.1. The Kier molecular flexibility index (Phi) is 19.6. The van der Waals surface area contributed by atoms with Crippen molar-refractivity contribution >= 4 is 69.2 Å². The number of nitrogens with zero attached hydrogens (tertiary/aromatic N) is 2. The van der Waals surface area contributed by atoms with E-state index in [0.29, 0.717) is 0 Å². The third kappa shape index (κ3) is 14.0. The van der Waals surface area contributed by atoms with E-state index >= 15 is 0 Å². The number of rotatable bonds is 14. The fraction of sp³-hybridized carbons (Fsp3) is 0.889. The fourth-order valence-corrected chi connectivity index (χ4v) is 12.7. The van der Waals surface area contributed by atoms with Crippen LogP contribution in [-0.2, 0) is 0 Å². The van der Waals surface area contributed by atoms with E-state index in [-0.39, 0.29) is 18.2 Å². The second-order valence-electron chi connectivity index (χ2n) is 6.15. The standard InChI is InChI=1S/C18H36N2S4Te/c1-5-9-13-19(14-10-6-2)17(21)23-25-24-18(22)20(15-11-7-3)16-12-8-4/h5-16H2,1-4H3. The zero-order valence-corrected chi connectivity index (χ0v) is 22.0. The molecule has 0 atom stereocenters. The maximum atomic E-state index is 5.71.